The number of carbonyl (C=O) groups is 4. The van der Waals surface area contributed by atoms with E-state index < -0.39 is 23.9 Å². The Hall–Kier alpha value is -10.3. The number of likely N-dealkylation sites (N-methyl/N-ethyl adjacent to an activating group) is 2. The van der Waals surface area contributed by atoms with E-state index in [1.807, 2.05) is 106 Å². The highest BCUT2D eigenvalue weighted by Crippen LogP contribution is 2.27. The highest BCUT2D eigenvalue weighted by Gasteiger charge is 2.17. The van der Waals surface area contributed by atoms with Gasteiger partial charge in [0.1, 0.15) is 23.1 Å². The van der Waals surface area contributed by atoms with E-state index in [2.05, 4.69) is 71.3 Å². The van der Waals surface area contributed by atoms with Crippen molar-refractivity contribution < 1.29 is 34.1 Å². The second-order valence-corrected chi connectivity index (χ2v) is 24.8. The van der Waals surface area contributed by atoms with Gasteiger partial charge in [-0.2, -0.15) is 0 Å². The fourth-order valence-corrected chi connectivity index (χ4v) is 9.96. The molecule has 0 saturated carbocycles. The SMILES string of the molecule is CC(C)(C)OC(=O)NCCCC(=O)c1ccc(C#Cc2c(N)ncc3ccc(Cl)cc23)cc1.CCN(CC)CC(O)CNC(=O)c1cccc(C#Cc2c(N)ncc3ccc(Cl)cc23)c1.Cc1ccc(-c2cnc(N)c(C#Cc3cccc(C(=O)NCC(O)CN(C)C)c3)c2)cc1. The summed E-state index contributed by atoms with van der Waals surface area (Å²) in [6, 6.07) is 42.2. The molecule has 0 radical (unpaired) electrons. The van der Waals surface area contributed by atoms with Crippen LogP contribution in [0.1, 0.15) is 117 Å². The molecule has 3 heterocycles. The summed E-state index contributed by atoms with van der Waals surface area (Å²) in [6.45, 7) is 15.0. The third-order valence-electron chi connectivity index (χ3n) is 14.7. The Morgan fingerprint density at radius 3 is 1.59 bits per heavy atom. The number of Topliss-reactive ketones (excluding diaryl/α,β-unsaturated/α-hetero) is 1. The zero-order valence-corrected chi connectivity index (χ0v) is 57.2. The van der Waals surface area contributed by atoms with Crippen molar-refractivity contribution in [3.63, 3.8) is 0 Å². The predicted molar refractivity (Wildman–Crippen MR) is 389 cm³/mol. The number of halogens is 2. The number of hydrogen-bond acceptors (Lipinski definition) is 15. The Kier molecular flexibility index (Phi) is 27.5. The third kappa shape index (κ3) is 23.5. The second-order valence-electron chi connectivity index (χ2n) is 23.9. The number of nitrogens with two attached hydrogens (primary N) is 3. The standard InChI is InChI=1S/C26H26ClN3O3.C26H28N4O2.C25H27ClN4O2/c1-26(2,3)33-25(32)29-14-4-5-23(31)18-9-6-17(7-10-18)8-13-21-22-15-20(27)12-11-19(22)16-30-24(21)28;1-18-7-10-20(11-8-18)23-14-21(25(27)28-15-23)12-9-19-5-4-6-22(13-19)26(32)29-16-24(31)17-30(2)3;1-3-30(4-2)16-21(31)15-29-25(32)18-7-5-6-17(12-18)8-11-22-23-13-20(26)10-9-19(23)14-28-24(22)27/h6-7,9-12,15-16H,4-5,14H2,1-3H3,(H2,28,30)(H,29,32);4-8,10-11,13-15,24,31H,16-17H2,1-3H3,(H2,27,28)(H,29,32);5-7,9-10,12-14,21,31H,3-4,15-16H2,1-2H3,(H2,27,28)(H,29,32). The summed E-state index contributed by atoms with van der Waals surface area (Å²) in [4.78, 5) is 65.7. The minimum atomic E-state index is -0.631. The van der Waals surface area contributed by atoms with Crippen molar-refractivity contribution in [2.75, 3.05) is 77.1 Å². The summed E-state index contributed by atoms with van der Waals surface area (Å²) in [5.74, 6) is 18.9. The molecule has 3 aromatic heterocycles. The van der Waals surface area contributed by atoms with Crippen LogP contribution < -0.4 is 33.2 Å². The van der Waals surface area contributed by atoms with Crippen molar-refractivity contribution in [2.24, 2.45) is 0 Å². The van der Waals surface area contributed by atoms with Gasteiger partial charge in [0, 0.05) is 128 Å². The normalized spacial score (nSPS) is 11.4. The van der Waals surface area contributed by atoms with Gasteiger partial charge in [0.2, 0.25) is 0 Å². The number of nitrogens with one attached hydrogen (secondary N) is 3. The van der Waals surface area contributed by atoms with Crippen molar-refractivity contribution in [3.8, 4) is 46.6 Å². The fraction of sp³-hybridized carbons (Fsp3) is 0.260. The van der Waals surface area contributed by atoms with Crippen molar-refractivity contribution in [3.05, 3.63) is 224 Å². The first-order valence-electron chi connectivity index (χ1n) is 31.5. The lowest BCUT2D eigenvalue weighted by Crippen LogP contribution is -2.40. The number of amides is 3. The number of aliphatic hydroxyl groups is 2. The maximum Gasteiger partial charge on any atom is 0.407 e. The van der Waals surface area contributed by atoms with Crippen LogP contribution in [0.15, 0.2) is 158 Å². The zero-order chi connectivity index (χ0) is 70.2. The molecule has 2 atom stereocenters. The minimum absolute atomic E-state index is 0.00219. The molecule has 9 aromatic rings. The molecule has 20 heteroatoms. The molecular weight excluding hydrogens is 1260 g/mol. The number of fused-ring (bicyclic) bond motifs is 2. The minimum Gasteiger partial charge on any atom is -0.444 e. The molecule has 0 aliphatic rings. The molecule has 0 saturated heterocycles. The van der Waals surface area contributed by atoms with Crippen molar-refractivity contribution in [1.82, 2.24) is 40.7 Å². The van der Waals surface area contributed by atoms with Gasteiger partial charge in [-0.1, -0.05) is 139 Å². The van der Waals surface area contributed by atoms with Crippen LogP contribution in [0.2, 0.25) is 10.0 Å². The van der Waals surface area contributed by atoms with Gasteiger partial charge in [-0.3, -0.25) is 14.4 Å². The number of nitrogens with zero attached hydrogens (tertiary/aromatic N) is 5. The average molecular weight is 1340 g/mol. The first kappa shape index (κ1) is 74.1. The van der Waals surface area contributed by atoms with Crippen molar-refractivity contribution in [1.29, 1.82) is 0 Å². The van der Waals surface area contributed by atoms with Gasteiger partial charge in [-0.25, -0.2) is 19.7 Å². The number of rotatable bonds is 18. The number of aliphatic hydroxyl groups excluding tert-OH is 2. The van der Waals surface area contributed by atoms with E-state index >= 15 is 0 Å². The summed E-state index contributed by atoms with van der Waals surface area (Å²) in [5.41, 5.74) is 26.2. The summed E-state index contributed by atoms with van der Waals surface area (Å²) in [6.07, 6.45) is 4.21. The molecule has 0 aliphatic carbocycles. The Morgan fingerprint density at radius 2 is 1.07 bits per heavy atom. The summed E-state index contributed by atoms with van der Waals surface area (Å²) >= 11 is 12.3. The topological polar surface area (TPSA) is 277 Å². The smallest absolute Gasteiger partial charge is 0.407 e. The molecule has 0 bridgehead atoms. The number of alkyl carbamates (subject to hydrolysis) is 1. The molecule has 3 amide bonds. The van der Waals surface area contributed by atoms with Gasteiger partial charge in [0.05, 0.1) is 28.9 Å². The van der Waals surface area contributed by atoms with E-state index in [-0.39, 0.29) is 30.7 Å². The number of pyridine rings is 3. The Labute approximate surface area is 577 Å². The van der Waals surface area contributed by atoms with Gasteiger partial charge in [-0.15, -0.1) is 0 Å². The van der Waals surface area contributed by atoms with Gasteiger partial charge < -0.3 is 57.9 Å². The van der Waals surface area contributed by atoms with E-state index in [0.29, 0.717) is 104 Å². The number of carbonyl (C=O) groups excluding carboxylic acids is 4. The number of benzene rings is 6. The first-order chi connectivity index (χ1) is 46.3. The first-order valence-corrected chi connectivity index (χ1v) is 32.3. The molecule has 11 N–H and O–H groups in total. The Morgan fingerprint density at radius 1 is 0.567 bits per heavy atom. The van der Waals surface area contributed by atoms with Crippen LogP contribution in [-0.4, -0.2) is 136 Å². The van der Waals surface area contributed by atoms with E-state index in [1.54, 1.807) is 112 Å². The monoisotopic (exact) mass is 1340 g/mol. The highest BCUT2D eigenvalue weighted by molar-refractivity contribution is 6.31. The van der Waals surface area contributed by atoms with E-state index in [1.165, 1.54) is 5.56 Å². The number of hydrogen-bond donors (Lipinski definition) is 8. The van der Waals surface area contributed by atoms with Crippen LogP contribution in [0.25, 0.3) is 32.7 Å². The Bertz CT molecular complexity index is 4430. The van der Waals surface area contributed by atoms with E-state index in [0.717, 1.165) is 51.3 Å². The molecule has 6 aromatic carbocycles. The highest BCUT2D eigenvalue weighted by atomic mass is 35.5. The van der Waals surface area contributed by atoms with Crippen molar-refractivity contribution in [2.45, 2.75) is 72.2 Å². The molecule has 97 heavy (non-hydrogen) atoms. The summed E-state index contributed by atoms with van der Waals surface area (Å²) in [7, 11) is 3.73. The Balaban J connectivity index is 0.000000205. The van der Waals surface area contributed by atoms with Crippen LogP contribution in [-0.2, 0) is 4.74 Å². The maximum atomic E-state index is 12.5. The van der Waals surface area contributed by atoms with Gasteiger partial charge in [0.15, 0.2) is 5.78 Å². The lowest BCUT2D eigenvalue weighted by Gasteiger charge is -2.22. The molecule has 0 spiro atoms. The molecular formula is C77H81Cl2N11O7. The van der Waals surface area contributed by atoms with Crippen LogP contribution >= 0.6 is 23.2 Å². The van der Waals surface area contributed by atoms with Crippen LogP contribution in [0, 0.1) is 42.4 Å². The lowest BCUT2D eigenvalue weighted by molar-refractivity contribution is 0.0525. The quantitative estimate of drug-likeness (QED) is 0.0225. The van der Waals surface area contributed by atoms with Crippen LogP contribution in [0.4, 0.5) is 22.2 Å². The number of nitrogen functional groups attached to an aromatic ring is 3. The molecule has 0 fully saturated rings. The number of anilines is 3. The third-order valence-corrected chi connectivity index (χ3v) is 15.2. The molecule has 9 rings (SSSR count). The van der Waals surface area contributed by atoms with Gasteiger partial charge >= 0.3 is 6.09 Å². The number of aromatic nitrogens is 3. The molecule has 500 valence electrons. The summed E-state index contributed by atoms with van der Waals surface area (Å²) in [5, 5.41) is 32.9. The molecule has 2 unspecified atom stereocenters. The van der Waals surface area contributed by atoms with Crippen LogP contribution in [0.5, 0.6) is 0 Å². The van der Waals surface area contributed by atoms with Gasteiger partial charge in [-0.05, 0) is 146 Å². The molecule has 0 aliphatic heterocycles. The summed E-state index contributed by atoms with van der Waals surface area (Å²) < 4.78 is 5.17. The van der Waals surface area contributed by atoms with E-state index in [4.69, 9.17) is 45.1 Å². The maximum absolute atomic E-state index is 12.5. The number of ketones is 1. The van der Waals surface area contributed by atoms with Crippen LogP contribution in [0.3, 0.4) is 0 Å². The zero-order valence-electron chi connectivity index (χ0n) is 55.7. The predicted octanol–water partition coefficient (Wildman–Crippen LogP) is 11.4. The molecule has 18 nitrogen and oxygen atoms in total. The average Bonchev–Trinajstić information content (AvgIpc) is 0.817. The fourth-order valence-electron chi connectivity index (χ4n) is 9.62. The number of ether oxygens (including phenoxy) is 1. The number of aryl methyl sites for hydroxylation is 1. The van der Waals surface area contributed by atoms with E-state index in [9.17, 15) is 29.4 Å². The van der Waals surface area contributed by atoms with Crippen molar-refractivity contribution >= 4 is 85.9 Å². The largest absolute Gasteiger partial charge is 0.444 e. The second kappa shape index (κ2) is 36.0. The van der Waals surface area contributed by atoms with Gasteiger partial charge in [0.25, 0.3) is 11.8 Å². The lowest BCUT2D eigenvalue weighted by atomic mass is 10.0.